The molecule has 2 heterocycles. The Labute approximate surface area is 146 Å². The van der Waals surface area contributed by atoms with Crippen LogP contribution in [0.15, 0.2) is 30.5 Å². The third kappa shape index (κ3) is 3.73. The summed E-state index contributed by atoms with van der Waals surface area (Å²) in [6.45, 7) is 3.88. The number of hydrogen-bond acceptors (Lipinski definition) is 4. The highest BCUT2D eigenvalue weighted by molar-refractivity contribution is 7.91. The van der Waals surface area contributed by atoms with E-state index in [0.29, 0.717) is 23.4 Å². The largest absolute Gasteiger partial charge is 0.348 e. The van der Waals surface area contributed by atoms with E-state index in [2.05, 4.69) is 10.4 Å². The molecule has 0 unspecified atom stereocenters. The van der Waals surface area contributed by atoms with Gasteiger partial charge in [0.05, 0.1) is 34.6 Å². The molecule has 0 saturated carbocycles. The predicted octanol–water partition coefficient (Wildman–Crippen LogP) is 2.05. The van der Waals surface area contributed by atoms with Crippen LogP contribution in [-0.2, 0) is 9.84 Å². The third-order valence-electron chi connectivity index (χ3n) is 4.24. The molecule has 6 nitrogen and oxygen atoms in total. The summed E-state index contributed by atoms with van der Waals surface area (Å²) in [4.78, 5) is 12.6. The molecule has 0 aliphatic carbocycles. The minimum atomic E-state index is -3.06. The van der Waals surface area contributed by atoms with Gasteiger partial charge in [0, 0.05) is 6.04 Å². The Bertz CT molecular complexity index is 888. The first-order valence-electron chi connectivity index (χ1n) is 8.12. The van der Waals surface area contributed by atoms with E-state index < -0.39 is 9.84 Å². The van der Waals surface area contributed by atoms with Gasteiger partial charge in [-0.3, -0.25) is 4.79 Å². The predicted molar refractivity (Wildman–Crippen MR) is 92.1 cm³/mol. The number of carbonyl (C=O) groups is 1. The Hall–Kier alpha value is -2.22. The number of hydrogen-bond donors (Lipinski definition) is 1. The van der Waals surface area contributed by atoms with Crippen molar-refractivity contribution in [2.75, 3.05) is 11.5 Å². The number of nitrogens with zero attached hydrogens (tertiary/aromatic N) is 2. The highest BCUT2D eigenvalue weighted by atomic mass is 32.2. The number of nitrogens with one attached hydrogen (secondary N) is 1. The molecule has 1 saturated heterocycles. The monoisotopic (exact) mass is 365 g/mol. The number of sulfone groups is 1. The average Bonchev–Trinajstić information content (AvgIpc) is 3.11. The summed E-state index contributed by atoms with van der Waals surface area (Å²) >= 11 is 0. The van der Waals surface area contributed by atoms with E-state index in [-0.39, 0.29) is 35.2 Å². The zero-order valence-electron chi connectivity index (χ0n) is 14.1. The minimum Gasteiger partial charge on any atom is -0.348 e. The number of carbonyl (C=O) groups excluding carboxylic acids is 1. The zero-order chi connectivity index (χ0) is 18.2. The van der Waals surface area contributed by atoms with Crippen LogP contribution in [0.1, 0.15) is 42.2 Å². The van der Waals surface area contributed by atoms with Crippen LogP contribution in [-0.4, -0.2) is 41.7 Å². The Balaban J connectivity index is 1.89. The fourth-order valence-corrected chi connectivity index (χ4v) is 4.72. The van der Waals surface area contributed by atoms with Crippen LogP contribution >= 0.6 is 0 Å². The van der Waals surface area contributed by atoms with Crippen molar-refractivity contribution in [3.63, 3.8) is 0 Å². The van der Waals surface area contributed by atoms with Crippen LogP contribution in [0.4, 0.5) is 4.39 Å². The molecule has 8 heteroatoms. The molecule has 1 amide bonds. The molecule has 1 N–H and O–H groups in total. The quantitative estimate of drug-likeness (QED) is 0.899. The molecule has 1 fully saturated rings. The van der Waals surface area contributed by atoms with Crippen molar-refractivity contribution >= 4 is 15.7 Å². The maximum absolute atomic E-state index is 13.1. The van der Waals surface area contributed by atoms with Gasteiger partial charge in [0.1, 0.15) is 5.82 Å². The topological polar surface area (TPSA) is 81.1 Å². The van der Waals surface area contributed by atoms with E-state index in [1.54, 1.807) is 16.8 Å². The second kappa shape index (κ2) is 6.59. The van der Waals surface area contributed by atoms with Crippen molar-refractivity contribution in [3.05, 3.63) is 47.5 Å². The number of aromatic nitrogens is 2. The smallest absolute Gasteiger partial charge is 0.255 e. The van der Waals surface area contributed by atoms with Gasteiger partial charge in [0.15, 0.2) is 9.84 Å². The maximum Gasteiger partial charge on any atom is 0.255 e. The molecule has 1 aliphatic heterocycles. The number of rotatable bonds is 4. The number of amides is 1. The Morgan fingerprint density at radius 3 is 2.56 bits per heavy atom. The van der Waals surface area contributed by atoms with Gasteiger partial charge in [0.2, 0.25) is 0 Å². The molecule has 1 aliphatic rings. The molecule has 3 rings (SSSR count). The Kier molecular flexibility index (Phi) is 4.64. The summed E-state index contributed by atoms with van der Waals surface area (Å²) in [5, 5.41) is 7.07. The molecule has 0 bridgehead atoms. The summed E-state index contributed by atoms with van der Waals surface area (Å²) < 4.78 is 37.9. The van der Waals surface area contributed by atoms with Crippen LogP contribution in [0.25, 0.3) is 5.69 Å². The molecular formula is C17H20FN3O3S. The normalized spacial score (nSPS) is 19.3. The molecular weight excluding hydrogens is 345 g/mol. The fraction of sp³-hybridized carbons (Fsp3) is 0.412. The first kappa shape index (κ1) is 17.6. The van der Waals surface area contributed by atoms with Crippen molar-refractivity contribution in [3.8, 4) is 5.69 Å². The van der Waals surface area contributed by atoms with Crippen LogP contribution in [0, 0.1) is 5.82 Å². The van der Waals surface area contributed by atoms with Crippen LogP contribution in [0.5, 0.6) is 0 Å². The first-order valence-corrected chi connectivity index (χ1v) is 9.94. The lowest BCUT2D eigenvalue weighted by molar-refractivity contribution is 0.0939. The van der Waals surface area contributed by atoms with Gasteiger partial charge < -0.3 is 5.32 Å². The Morgan fingerprint density at radius 2 is 2.00 bits per heavy atom. The zero-order valence-corrected chi connectivity index (χ0v) is 14.9. The molecule has 1 aromatic carbocycles. The number of halogens is 1. The van der Waals surface area contributed by atoms with Crippen LogP contribution in [0.3, 0.4) is 0 Å². The lowest BCUT2D eigenvalue weighted by atomic mass is 10.0. The van der Waals surface area contributed by atoms with E-state index in [9.17, 15) is 17.6 Å². The lowest BCUT2D eigenvalue weighted by Gasteiger charge is -2.14. The van der Waals surface area contributed by atoms with Gasteiger partial charge in [-0.2, -0.15) is 5.10 Å². The van der Waals surface area contributed by atoms with Gasteiger partial charge in [-0.1, -0.05) is 13.8 Å². The molecule has 2 aromatic rings. The van der Waals surface area contributed by atoms with E-state index in [1.807, 2.05) is 13.8 Å². The average molecular weight is 365 g/mol. The summed E-state index contributed by atoms with van der Waals surface area (Å²) in [5.41, 5.74) is 1.76. The van der Waals surface area contributed by atoms with Gasteiger partial charge in [0.25, 0.3) is 5.91 Å². The van der Waals surface area contributed by atoms with E-state index >= 15 is 0 Å². The highest BCUT2D eigenvalue weighted by Gasteiger charge is 2.30. The molecule has 134 valence electrons. The van der Waals surface area contributed by atoms with Gasteiger partial charge in [-0.05, 0) is 36.6 Å². The summed E-state index contributed by atoms with van der Waals surface area (Å²) in [5.74, 6) is -0.603. The standard InChI is InChI=1S/C17H20FN3O3S/c1-11(2)16-15(17(22)20-13-7-8-25(23,24)10-13)9-19-21(16)14-5-3-12(18)4-6-14/h3-6,9,11,13H,7-8,10H2,1-2H3,(H,20,22)/t13-/m1/s1. The summed E-state index contributed by atoms with van der Waals surface area (Å²) in [6.07, 6.45) is 1.90. The van der Waals surface area contributed by atoms with Crippen LogP contribution in [0.2, 0.25) is 0 Å². The van der Waals surface area contributed by atoms with E-state index in [0.717, 1.165) is 0 Å². The van der Waals surface area contributed by atoms with Gasteiger partial charge >= 0.3 is 0 Å². The SMILES string of the molecule is CC(C)c1c(C(=O)N[C@@H]2CCS(=O)(=O)C2)cnn1-c1ccc(F)cc1. The maximum atomic E-state index is 13.1. The van der Waals surface area contributed by atoms with Crippen LogP contribution < -0.4 is 5.32 Å². The lowest BCUT2D eigenvalue weighted by Crippen LogP contribution is -2.36. The Morgan fingerprint density at radius 1 is 1.32 bits per heavy atom. The summed E-state index contributed by atoms with van der Waals surface area (Å²) in [6, 6.07) is 5.50. The van der Waals surface area contributed by atoms with Crippen molar-refractivity contribution in [1.82, 2.24) is 15.1 Å². The molecule has 0 spiro atoms. The first-order chi connectivity index (χ1) is 11.8. The van der Waals surface area contributed by atoms with Crippen molar-refractivity contribution in [2.45, 2.75) is 32.2 Å². The van der Waals surface area contributed by atoms with Crippen molar-refractivity contribution in [2.24, 2.45) is 0 Å². The fourth-order valence-electron chi connectivity index (χ4n) is 3.05. The molecule has 1 atom stereocenters. The second-order valence-electron chi connectivity index (χ2n) is 6.56. The van der Waals surface area contributed by atoms with Crippen molar-refractivity contribution < 1.29 is 17.6 Å². The minimum absolute atomic E-state index is 0.000568. The third-order valence-corrected chi connectivity index (χ3v) is 6.00. The second-order valence-corrected chi connectivity index (χ2v) is 8.79. The van der Waals surface area contributed by atoms with Gasteiger partial charge in [-0.15, -0.1) is 0 Å². The van der Waals surface area contributed by atoms with E-state index in [4.69, 9.17) is 0 Å². The van der Waals surface area contributed by atoms with Crippen molar-refractivity contribution in [1.29, 1.82) is 0 Å². The highest BCUT2D eigenvalue weighted by Crippen LogP contribution is 2.24. The molecule has 1 aromatic heterocycles. The van der Waals surface area contributed by atoms with E-state index in [1.165, 1.54) is 18.3 Å². The number of benzene rings is 1. The molecule has 0 radical (unpaired) electrons. The summed E-state index contributed by atoms with van der Waals surface area (Å²) in [7, 11) is -3.06. The van der Waals surface area contributed by atoms with Gasteiger partial charge in [-0.25, -0.2) is 17.5 Å². The molecule has 25 heavy (non-hydrogen) atoms.